The van der Waals surface area contributed by atoms with Gasteiger partial charge in [0, 0.05) is 12.8 Å². The Balaban J connectivity index is 2.20. The van der Waals surface area contributed by atoms with Crippen LogP contribution in [0.4, 0.5) is 0 Å². The molecule has 68 heavy (non-hydrogen) atoms. The second-order valence-corrected chi connectivity index (χ2v) is 20.1. The summed E-state index contributed by atoms with van der Waals surface area (Å²) in [5.41, 5.74) is 0. The third-order valence-electron chi connectivity index (χ3n) is 13.6. The van der Waals surface area contributed by atoms with Gasteiger partial charge in [-0.2, -0.15) is 0 Å². The van der Waals surface area contributed by atoms with Gasteiger partial charge in [-0.15, -0.1) is 0 Å². The maximum atomic E-state index is 12.9. The molecule has 6 atom stereocenters. The van der Waals surface area contributed by atoms with Crippen LogP contribution in [0, 0.1) is 0 Å². The van der Waals surface area contributed by atoms with Crippen molar-refractivity contribution in [2.24, 2.45) is 0 Å². The molecule has 0 aromatic rings. The van der Waals surface area contributed by atoms with Crippen LogP contribution in [0.15, 0.2) is 24.3 Å². The lowest BCUT2D eigenvalue weighted by Gasteiger charge is -2.39. The maximum absolute atomic E-state index is 12.9. The fourth-order valence-electron chi connectivity index (χ4n) is 9.05. The van der Waals surface area contributed by atoms with Gasteiger partial charge < -0.3 is 39.4 Å². The van der Waals surface area contributed by atoms with Gasteiger partial charge in [-0.05, 0) is 44.9 Å². The van der Waals surface area contributed by atoms with Gasteiger partial charge in [0.25, 0.3) is 0 Å². The van der Waals surface area contributed by atoms with E-state index in [0.717, 1.165) is 44.9 Å². The summed E-state index contributed by atoms with van der Waals surface area (Å²) in [5.74, 6) is -0.792. The summed E-state index contributed by atoms with van der Waals surface area (Å²) >= 11 is 0. The van der Waals surface area contributed by atoms with Gasteiger partial charge in [-0.3, -0.25) is 9.59 Å². The van der Waals surface area contributed by atoms with Crippen LogP contribution in [0.1, 0.15) is 277 Å². The molecule has 0 aromatic carbocycles. The number of hydrogen-bond donors (Lipinski definition) is 4. The van der Waals surface area contributed by atoms with Crippen LogP contribution in [-0.4, -0.2) is 89.0 Å². The van der Waals surface area contributed by atoms with Crippen molar-refractivity contribution >= 4 is 11.9 Å². The highest BCUT2D eigenvalue weighted by Gasteiger charge is 2.44. The molecule has 1 aliphatic heterocycles. The maximum Gasteiger partial charge on any atom is 0.306 e. The Bertz CT molecular complexity index is 1160. The lowest BCUT2D eigenvalue weighted by atomic mass is 9.99. The van der Waals surface area contributed by atoms with E-state index in [-0.39, 0.29) is 32.0 Å². The SMILES string of the molecule is CCCCCCC/C=C\C/C=C\CCCCCCCCCCCCCC(=O)OC(COC(=O)CCCCCCCCCCCCCCCCCCCCCC)COC1OC(CO)C(O)C(O)C1O. The second kappa shape index (κ2) is 48.8. The molecular weight excluding hydrogens is 857 g/mol. The number of unbranched alkanes of at least 4 members (excludes halogenated alkanes) is 35. The Hall–Kier alpha value is -1.82. The first-order valence-electron chi connectivity index (χ1n) is 28.9. The summed E-state index contributed by atoms with van der Waals surface area (Å²) in [6, 6.07) is 0. The second-order valence-electron chi connectivity index (χ2n) is 20.1. The minimum Gasteiger partial charge on any atom is -0.462 e. The first kappa shape index (κ1) is 64.2. The highest BCUT2D eigenvalue weighted by atomic mass is 16.7. The quantitative estimate of drug-likeness (QED) is 0.0263. The molecule has 1 fully saturated rings. The average molecular weight is 965 g/mol. The third-order valence-corrected chi connectivity index (χ3v) is 13.6. The van der Waals surface area contributed by atoms with Crippen LogP contribution in [-0.2, 0) is 28.5 Å². The Morgan fingerprint density at radius 3 is 1.22 bits per heavy atom. The van der Waals surface area contributed by atoms with Crippen molar-refractivity contribution in [1.29, 1.82) is 0 Å². The van der Waals surface area contributed by atoms with Crippen LogP contribution in [0.5, 0.6) is 0 Å². The lowest BCUT2D eigenvalue weighted by Crippen LogP contribution is -2.59. The monoisotopic (exact) mass is 965 g/mol. The number of aliphatic hydroxyl groups excluding tert-OH is 4. The Labute approximate surface area is 417 Å². The Morgan fingerprint density at radius 2 is 0.824 bits per heavy atom. The molecule has 0 saturated carbocycles. The number of carbonyl (C=O) groups excluding carboxylic acids is 2. The van der Waals surface area contributed by atoms with Crippen molar-refractivity contribution in [3.05, 3.63) is 24.3 Å². The molecule has 0 aromatic heterocycles. The van der Waals surface area contributed by atoms with Gasteiger partial charge in [-0.1, -0.05) is 244 Å². The number of aliphatic hydroxyl groups is 4. The largest absolute Gasteiger partial charge is 0.462 e. The van der Waals surface area contributed by atoms with E-state index >= 15 is 0 Å². The first-order chi connectivity index (χ1) is 33.3. The van der Waals surface area contributed by atoms with Gasteiger partial charge in [-0.25, -0.2) is 0 Å². The van der Waals surface area contributed by atoms with Crippen LogP contribution < -0.4 is 0 Å². The van der Waals surface area contributed by atoms with E-state index in [1.807, 2.05) is 0 Å². The molecule has 0 bridgehead atoms. The van der Waals surface area contributed by atoms with E-state index in [9.17, 15) is 30.0 Å². The summed E-state index contributed by atoms with van der Waals surface area (Å²) in [6.07, 6.45) is 50.5. The normalized spacial score (nSPS) is 19.1. The molecule has 1 heterocycles. The fraction of sp³-hybridized carbons (Fsp3) is 0.897. The molecule has 1 saturated heterocycles. The molecule has 0 radical (unpaired) electrons. The zero-order chi connectivity index (χ0) is 49.4. The standard InChI is InChI=1S/C58H108O10/c1-3-5-7-9-11-13-15-17-19-21-23-25-26-27-29-31-33-35-37-39-41-43-45-47-54(61)67-51(50-66-58-57(64)56(63)55(62)52(48-59)68-58)49-65-53(60)46-44-42-40-38-36-34-32-30-28-24-22-20-18-16-14-12-10-8-6-4-2/h15,17,21,23,51-52,55-59,62-64H,3-14,16,18-20,22,24-50H2,1-2H3/b17-15-,23-21-. The van der Waals surface area contributed by atoms with Crippen LogP contribution in [0.3, 0.4) is 0 Å². The number of hydrogen-bond acceptors (Lipinski definition) is 10. The summed E-state index contributed by atoms with van der Waals surface area (Å²) in [7, 11) is 0. The molecule has 4 N–H and O–H groups in total. The topological polar surface area (TPSA) is 152 Å². The molecule has 400 valence electrons. The fourth-order valence-corrected chi connectivity index (χ4v) is 9.05. The van der Waals surface area contributed by atoms with Gasteiger partial charge in [0.2, 0.25) is 0 Å². The average Bonchev–Trinajstić information content (AvgIpc) is 3.34. The summed E-state index contributed by atoms with van der Waals surface area (Å²) in [4.78, 5) is 25.5. The van der Waals surface area contributed by atoms with Gasteiger partial charge in [0.05, 0.1) is 13.2 Å². The molecule has 10 heteroatoms. The van der Waals surface area contributed by atoms with Crippen LogP contribution in [0.2, 0.25) is 0 Å². The molecule has 0 amide bonds. The van der Waals surface area contributed by atoms with E-state index in [1.165, 1.54) is 199 Å². The predicted molar refractivity (Wildman–Crippen MR) is 279 cm³/mol. The molecule has 1 aliphatic rings. The summed E-state index contributed by atoms with van der Waals surface area (Å²) < 4.78 is 22.3. The van der Waals surface area contributed by atoms with Crippen molar-refractivity contribution in [2.45, 2.75) is 314 Å². The lowest BCUT2D eigenvalue weighted by molar-refractivity contribution is -0.305. The van der Waals surface area contributed by atoms with E-state index < -0.39 is 49.4 Å². The molecule has 0 spiro atoms. The van der Waals surface area contributed by atoms with Gasteiger partial charge in [0.1, 0.15) is 31.0 Å². The van der Waals surface area contributed by atoms with E-state index in [4.69, 9.17) is 18.9 Å². The van der Waals surface area contributed by atoms with E-state index in [0.29, 0.717) is 6.42 Å². The smallest absolute Gasteiger partial charge is 0.306 e. The van der Waals surface area contributed by atoms with Gasteiger partial charge in [0.15, 0.2) is 12.4 Å². The summed E-state index contributed by atoms with van der Waals surface area (Å²) in [5, 5.41) is 40.3. The first-order valence-corrected chi connectivity index (χ1v) is 28.9. The van der Waals surface area contributed by atoms with Crippen LogP contribution in [0.25, 0.3) is 0 Å². The predicted octanol–water partition coefficient (Wildman–Crippen LogP) is 14.4. The molecule has 10 nitrogen and oxygen atoms in total. The Kier molecular flexibility index (Phi) is 46.1. The molecule has 1 rings (SSSR count). The van der Waals surface area contributed by atoms with Crippen molar-refractivity contribution in [3.8, 4) is 0 Å². The minimum absolute atomic E-state index is 0.213. The van der Waals surface area contributed by atoms with Crippen molar-refractivity contribution in [3.63, 3.8) is 0 Å². The van der Waals surface area contributed by atoms with E-state index in [2.05, 4.69) is 38.2 Å². The number of ether oxygens (including phenoxy) is 4. The number of esters is 2. The number of allylic oxidation sites excluding steroid dienone is 4. The Morgan fingerprint density at radius 1 is 0.456 bits per heavy atom. The van der Waals surface area contributed by atoms with E-state index in [1.54, 1.807) is 0 Å². The minimum atomic E-state index is -1.59. The highest BCUT2D eigenvalue weighted by Crippen LogP contribution is 2.23. The highest BCUT2D eigenvalue weighted by molar-refractivity contribution is 5.70. The number of rotatable bonds is 50. The summed E-state index contributed by atoms with van der Waals surface area (Å²) in [6.45, 7) is 3.47. The molecular formula is C58H108O10. The van der Waals surface area contributed by atoms with Crippen LogP contribution >= 0.6 is 0 Å². The third kappa shape index (κ3) is 38.9. The number of carbonyl (C=O) groups is 2. The molecule has 0 aliphatic carbocycles. The zero-order valence-corrected chi connectivity index (χ0v) is 44.1. The zero-order valence-electron chi connectivity index (χ0n) is 44.1. The molecule has 6 unspecified atom stereocenters. The van der Waals surface area contributed by atoms with Crippen molar-refractivity contribution in [2.75, 3.05) is 19.8 Å². The van der Waals surface area contributed by atoms with Crippen molar-refractivity contribution in [1.82, 2.24) is 0 Å². The van der Waals surface area contributed by atoms with Gasteiger partial charge >= 0.3 is 11.9 Å². The van der Waals surface area contributed by atoms with Crippen molar-refractivity contribution < 1.29 is 49.0 Å².